The van der Waals surface area contributed by atoms with Gasteiger partial charge < -0.3 is 10.6 Å². The first-order valence-electron chi connectivity index (χ1n) is 7.18. The third-order valence-corrected chi connectivity index (χ3v) is 3.71. The van der Waals surface area contributed by atoms with Crippen LogP contribution in [0.4, 0.5) is 14.5 Å². The summed E-state index contributed by atoms with van der Waals surface area (Å²) in [5.41, 5.74) is 1.43. The molecule has 3 rings (SSSR count). The number of anilines is 1. The Hall–Kier alpha value is -2.76. The first-order chi connectivity index (χ1) is 11.0. The van der Waals surface area contributed by atoms with Gasteiger partial charge in [0.25, 0.3) is 0 Å². The van der Waals surface area contributed by atoms with Crippen LogP contribution in [0.5, 0.6) is 0 Å². The molecule has 2 aromatic rings. The van der Waals surface area contributed by atoms with E-state index in [0.717, 1.165) is 0 Å². The molecule has 6 heteroatoms. The lowest BCUT2D eigenvalue weighted by atomic mass is 10.0. The minimum Gasteiger partial charge on any atom is -0.344 e. The quantitative estimate of drug-likeness (QED) is 0.915. The zero-order valence-electron chi connectivity index (χ0n) is 12.1. The summed E-state index contributed by atoms with van der Waals surface area (Å²) in [4.78, 5) is 23.4. The average Bonchev–Trinajstić information content (AvgIpc) is 2.96. The lowest BCUT2D eigenvalue weighted by Crippen LogP contribution is -2.37. The predicted octanol–water partition coefficient (Wildman–Crippen LogP) is 2.85. The van der Waals surface area contributed by atoms with E-state index in [2.05, 4.69) is 10.6 Å². The molecular weight excluding hydrogens is 302 g/mol. The van der Waals surface area contributed by atoms with Crippen molar-refractivity contribution >= 4 is 17.5 Å². The van der Waals surface area contributed by atoms with Gasteiger partial charge in [-0.1, -0.05) is 12.1 Å². The van der Waals surface area contributed by atoms with Crippen molar-refractivity contribution in [3.05, 3.63) is 54.1 Å². The van der Waals surface area contributed by atoms with Gasteiger partial charge in [0.15, 0.2) is 0 Å². The molecule has 0 saturated carbocycles. The van der Waals surface area contributed by atoms with E-state index < -0.39 is 17.7 Å². The highest BCUT2D eigenvalue weighted by Crippen LogP contribution is 2.29. The van der Waals surface area contributed by atoms with E-state index in [9.17, 15) is 18.4 Å². The molecule has 0 aliphatic carbocycles. The van der Waals surface area contributed by atoms with Gasteiger partial charge in [-0.05, 0) is 42.3 Å². The number of hydrogen-bond donors (Lipinski definition) is 2. The van der Waals surface area contributed by atoms with Crippen LogP contribution in [-0.4, -0.2) is 17.9 Å². The summed E-state index contributed by atoms with van der Waals surface area (Å²) in [5, 5.41) is 5.28. The van der Waals surface area contributed by atoms with Crippen LogP contribution >= 0.6 is 0 Å². The zero-order valence-corrected chi connectivity index (χ0v) is 12.1. The molecule has 0 unspecified atom stereocenters. The fourth-order valence-electron chi connectivity index (χ4n) is 2.52. The summed E-state index contributed by atoms with van der Waals surface area (Å²) in [5.74, 6) is -1.38. The average molecular weight is 316 g/mol. The Morgan fingerprint density at radius 2 is 1.78 bits per heavy atom. The van der Waals surface area contributed by atoms with Gasteiger partial charge in [0.1, 0.15) is 17.7 Å². The van der Waals surface area contributed by atoms with Crippen LogP contribution in [0.25, 0.3) is 11.1 Å². The molecule has 1 atom stereocenters. The minimum absolute atomic E-state index is 0.164. The molecule has 0 radical (unpaired) electrons. The summed E-state index contributed by atoms with van der Waals surface area (Å²) >= 11 is 0. The first kappa shape index (κ1) is 15.1. The van der Waals surface area contributed by atoms with Crippen molar-refractivity contribution in [2.24, 2.45) is 0 Å². The molecule has 2 aromatic carbocycles. The largest absolute Gasteiger partial charge is 0.344 e. The van der Waals surface area contributed by atoms with Crippen molar-refractivity contribution in [2.75, 3.05) is 5.32 Å². The van der Waals surface area contributed by atoms with Crippen LogP contribution in [0.2, 0.25) is 0 Å². The van der Waals surface area contributed by atoms with Crippen molar-refractivity contribution in [3.63, 3.8) is 0 Å². The highest BCUT2D eigenvalue weighted by atomic mass is 19.1. The van der Waals surface area contributed by atoms with Crippen molar-refractivity contribution in [3.8, 4) is 11.1 Å². The number of carbonyl (C=O) groups is 2. The van der Waals surface area contributed by atoms with Gasteiger partial charge in [-0.3, -0.25) is 9.59 Å². The van der Waals surface area contributed by atoms with Gasteiger partial charge >= 0.3 is 0 Å². The third-order valence-electron chi connectivity index (χ3n) is 3.71. The molecule has 118 valence electrons. The van der Waals surface area contributed by atoms with Crippen molar-refractivity contribution in [1.29, 1.82) is 0 Å². The van der Waals surface area contributed by atoms with E-state index >= 15 is 0 Å². The number of halogens is 2. The van der Waals surface area contributed by atoms with E-state index in [4.69, 9.17) is 0 Å². The smallest absolute Gasteiger partial charge is 0.246 e. The molecule has 0 aromatic heterocycles. The summed E-state index contributed by atoms with van der Waals surface area (Å²) < 4.78 is 26.6. The third kappa shape index (κ3) is 3.36. The second kappa shape index (κ2) is 6.16. The van der Waals surface area contributed by atoms with E-state index in [1.165, 1.54) is 42.5 Å². The second-order valence-corrected chi connectivity index (χ2v) is 5.34. The summed E-state index contributed by atoms with van der Waals surface area (Å²) in [6.07, 6.45) is 0.740. The molecule has 0 spiro atoms. The summed E-state index contributed by atoms with van der Waals surface area (Å²) in [7, 11) is 0. The minimum atomic E-state index is -0.589. The molecule has 0 bridgehead atoms. The Bertz CT molecular complexity index is 760. The van der Waals surface area contributed by atoms with E-state index in [-0.39, 0.29) is 11.8 Å². The van der Waals surface area contributed by atoms with Gasteiger partial charge in [-0.25, -0.2) is 8.78 Å². The van der Waals surface area contributed by atoms with Crippen LogP contribution < -0.4 is 10.6 Å². The molecule has 1 aliphatic rings. The van der Waals surface area contributed by atoms with Crippen molar-refractivity contribution < 1.29 is 18.4 Å². The highest BCUT2D eigenvalue weighted by Gasteiger charge is 2.27. The Kier molecular flexibility index (Phi) is 4.06. The Labute approximate surface area is 131 Å². The summed E-state index contributed by atoms with van der Waals surface area (Å²) in [6, 6.07) is 8.92. The molecule has 4 nitrogen and oxygen atoms in total. The van der Waals surface area contributed by atoms with E-state index in [1.807, 2.05) is 0 Å². The topological polar surface area (TPSA) is 58.2 Å². The molecule has 2 amide bonds. The Morgan fingerprint density at radius 3 is 2.43 bits per heavy atom. The van der Waals surface area contributed by atoms with E-state index in [1.54, 1.807) is 0 Å². The fraction of sp³-hybridized carbons (Fsp3) is 0.176. The molecular formula is C17H14F2N2O2. The number of benzene rings is 2. The second-order valence-electron chi connectivity index (χ2n) is 5.34. The highest BCUT2D eigenvalue weighted by molar-refractivity contribution is 6.01. The van der Waals surface area contributed by atoms with Crippen molar-refractivity contribution in [2.45, 2.75) is 18.9 Å². The molecule has 1 saturated heterocycles. The van der Waals surface area contributed by atoms with Crippen LogP contribution in [0.1, 0.15) is 12.8 Å². The normalized spacial score (nSPS) is 17.0. The lowest BCUT2D eigenvalue weighted by Gasteiger charge is -2.14. The molecule has 1 fully saturated rings. The van der Waals surface area contributed by atoms with Crippen LogP contribution in [0, 0.1) is 11.6 Å². The SMILES string of the molecule is O=C1CC[C@H](C(=O)Nc2ccc(F)cc2-c2ccc(F)cc2)N1. The number of carbonyl (C=O) groups excluding carboxylic acids is 2. The number of amides is 2. The monoisotopic (exact) mass is 316 g/mol. The van der Waals surface area contributed by atoms with Gasteiger partial charge in [-0.15, -0.1) is 0 Å². The van der Waals surface area contributed by atoms with Gasteiger partial charge in [0.05, 0.1) is 0 Å². The lowest BCUT2D eigenvalue weighted by molar-refractivity contribution is -0.122. The van der Waals surface area contributed by atoms with Gasteiger partial charge in [0.2, 0.25) is 11.8 Å². The number of nitrogens with one attached hydrogen (secondary N) is 2. The Morgan fingerprint density at radius 1 is 1.09 bits per heavy atom. The molecule has 1 heterocycles. The van der Waals surface area contributed by atoms with Crippen LogP contribution in [0.15, 0.2) is 42.5 Å². The number of rotatable bonds is 3. The number of hydrogen-bond acceptors (Lipinski definition) is 2. The maximum Gasteiger partial charge on any atom is 0.246 e. The molecule has 2 N–H and O–H groups in total. The van der Waals surface area contributed by atoms with E-state index in [0.29, 0.717) is 29.7 Å². The molecule has 23 heavy (non-hydrogen) atoms. The summed E-state index contributed by atoms with van der Waals surface area (Å²) in [6.45, 7) is 0. The molecule has 1 aliphatic heterocycles. The maximum atomic E-state index is 13.6. The Balaban J connectivity index is 1.88. The maximum absolute atomic E-state index is 13.6. The van der Waals surface area contributed by atoms with Gasteiger partial charge in [-0.2, -0.15) is 0 Å². The van der Waals surface area contributed by atoms with Crippen molar-refractivity contribution in [1.82, 2.24) is 5.32 Å². The van der Waals surface area contributed by atoms with Crippen LogP contribution in [0.3, 0.4) is 0 Å². The standard InChI is InChI=1S/C17H14F2N2O2/c18-11-3-1-10(2-4-11)13-9-12(19)5-6-14(13)21-17(23)15-7-8-16(22)20-15/h1-6,9,15H,7-8H2,(H,20,22)(H,21,23)/t15-/m1/s1. The predicted molar refractivity (Wildman–Crippen MR) is 81.6 cm³/mol. The first-order valence-corrected chi connectivity index (χ1v) is 7.18. The van der Waals surface area contributed by atoms with Gasteiger partial charge in [0, 0.05) is 17.7 Å². The van der Waals surface area contributed by atoms with Crippen LogP contribution in [-0.2, 0) is 9.59 Å². The fourth-order valence-corrected chi connectivity index (χ4v) is 2.52. The zero-order chi connectivity index (χ0) is 16.4.